The molecule has 0 fully saturated rings. The molecule has 1 rings (SSSR count). The Kier molecular flexibility index (Phi) is 6.35. The van der Waals surface area contributed by atoms with E-state index in [-0.39, 0.29) is 11.6 Å². The Morgan fingerprint density at radius 2 is 2.11 bits per heavy atom. The van der Waals surface area contributed by atoms with E-state index in [0.717, 1.165) is 11.8 Å². The lowest BCUT2D eigenvalue weighted by atomic mass is 10.2. The van der Waals surface area contributed by atoms with Crippen molar-refractivity contribution in [3.05, 3.63) is 30.1 Å². The van der Waals surface area contributed by atoms with Crippen molar-refractivity contribution in [1.29, 1.82) is 0 Å². The molecule has 6 heteroatoms. The third-order valence-electron chi connectivity index (χ3n) is 2.41. The van der Waals surface area contributed by atoms with Gasteiger partial charge in [-0.1, -0.05) is 25.5 Å². The van der Waals surface area contributed by atoms with Crippen LogP contribution in [0.15, 0.2) is 29.2 Å². The average molecular weight is 285 g/mol. The number of rotatable bonds is 7. The number of carboxylic acids is 1. The van der Waals surface area contributed by atoms with Crippen LogP contribution in [0.4, 0.5) is 4.39 Å². The van der Waals surface area contributed by atoms with Crippen molar-refractivity contribution >= 4 is 23.6 Å². The fourth-order valence-corrected chi connectivity index (χ4v) is 2.24. The van der Waals surface area contributed by atoms with Gasteiger partial charge < -0.3 is 10.4 Å². The van der Waals surface area contributed by atoms with E-state index < -0.39 is 17.9 Å². The first kappa shape index (κ1) is 15.5. The maximum Gasteiger partial charge on any atom is 0.326 e. The van der Waals surface area contributed by atoms with Gasteiger partial charge in [-0.25, -0.2) is 9.18 Å². The Morgan fingerprint density at radius 1 is 1.42 bits per heavy atom. The number of hydrogen-bond donors (Lipinski definition) is 2. The van der Waals surface area contributed by atoms with Crippen LogP contribution in [-0.4, -0.2) is 28.8 Å². The molecule has 0 unspecified atom stereocenters. The fourth-order valence-electron chi connectivity index (χ4n) is 1.49. The van der Waals surface area contributed by atoms with Crippen LogP contribution in [0.1, 0.15) is 19.8 Å². The van der Waals surface area contributed by atoms with Gasteiger partial charge in [0.2, 0.25) is 5.91 Å². The summed E-state index contributed by atoms with van der Waals surface area (Å²) in [6, 6.07) is 5.27. The van der Waals surface area contributed by atoms with Crippen molar-refractivity contribution < 1.29 is 19.1 Å². The van der Waals surface area contributed by atoms with Gasteiger partial charge in [0.05, 0.1) is 5.75 Å². The molecule has 0 radical (unpaired) electrons. The monoisotopic (exact) mass is 285 g/mol. The largest absolute Gasteiger partial charge is 0.480 e. The molecule has 104 valence electrons. The van der Waals surface area contributed by atoms with Gasteiger partial charge in [0.15, 0.2) is 0 Å². The van der Waals surface area contributed by atoms with E-state index in [1.165, 1.54) is 6.07 Å². The predicted octanol–water partition coefficient (Wildman–Crippen LogP) is 2.29. The van der Waals surface area contributed by atoms with Crippen molar-refractivity contribution in [3.8, 4) is 0 Å². The lowest BCUT2D eigenvalue weighted by molar-refractivity contribution is -0.141. The normalized spacial score (nSPS) is 11.9. The second-order valence-corrected chi connectivity index (χ2v) is 4.98. The van der Waals surface area contributed by atoms with Gasteiger partial charge >= 0.3 is 5.97 Å². The quantitative estimate of drug-likeness (QED) is 0.754. The highest BCUT2D eigenvalue weighted by atomic mass is 32.2. The van der Waals surface area contributed by atoms with Crippen molar-refractivity contribution in [2.45, 2.75) is 30.7 Å². The molecule has 0 heterocycles. The zero-order chi connectivity index (χ0) is 14.3. The van der Waals surface area contributed by atoms with Crippen LogP contribution in [-0.2, 0) is 9.59 Å². The van der Waals surface area contributed by atoms with Crippen molar-refractivity contribution in [1.82, 2.24) is 5.32 Å². The number of hydrogen-bond acceptors (Lipinski definition) is 3. The molecule has 0 aliphatic carbocycles. The molecule has 19 heavy (non-hydrogen) atoms. The smallest absolute Gasteiger partial charge is 0.326 e. The standard InChI is InChI=1S/C13H16FNO3S/c1-2-5-10(13(17)18)15-12(16)8-19-11-7-4-3-6-9(11)14/h3-4,6-7,10H,2,5,8H2,1H3,(H,15,16)(H,17,18)/t10-/m1/s1. The van der Waals surface area contributed by atoms with E-state index in [0.29, 0.717) is 17.7 Å². The highest BCUT2D eigenvalue weighted by molar-refractivity contribution is 8.00. The van der Waals surface area contributed by atoms with Crippen LogP contribution in [0.2, 0.25) is 0 Å². The molecule has 0 saturated heterocycles. The van der Waals surface area contributed by atoms with Crippen LogP contribution < -0.4 is 5.32 Å². The Labute approximate surface area is 115 Å². The van der Waals surface area contributed by atoms with Gasteiger partial charge in [-0.3, -0.25) is 4.79 Å². The van der Waals surface area contributed by atoms with Gasteiger partial charge in [0.1, 0.15) is 11.9 Å². The first-order valence-electron chi connectivity index (χ1n) is 5.94. The summed E-state index contributed by atoms with van der Waals surface area (Å²) in [4.78, 5) is 22.8. The molecule has 1 aromatic rings. The molecule has 0 spiro atoms. The van der Waals surface area contributed by atoms with Crippen LogP contribution in [0.3, 0.4) is 0 Å². The Balaban J connectivity index is 2.47. The SMILES string of the molecule is CCC[C@@H](NC(=O)CSc1ccccc1F)C(=O)O. The summed E-state index contributed by atoms with van der Waals surface area (Å²) < 4.78 is 13.3. The number of nitrogens with one attached hydrogen (secondary N) is 1. The molecule has 4 nitrogen and oxygen atoms in total. The van der Waals surface area contributed by atoms with E-state index in [1.54, 1.807) is 18.2 Å². The number of carbonyl (C=O) groups excluding carboxylic acids is 1. The average Bonchev–Trinajstić information content (AvgIpc) is 2.37. The number of halogens is 1. The fraction of sp³-hybridized carbons (Fsp3) is 0.385. The minimum Gasteiger partial charge on any atom is -0.480 e. The first-order chi connectivity index (χ1) is 9.04. The zero-order valence-electron chi connectivity index (χ0n) is 10.6. The zero-order valence-corrected chi connectivity index (χ0v) is 11.4. The predicted molar refractivity (Wildman–Crippen MR) is 71.6 cm³/mol. The second kappa shape index (κ2) is 7.78. The van der Waals surface area contributed by atoms with Crippen LogP contribution in [0.5, 0.6) is 0 Å². The van der Waals surface area contributed by atoms with E-state index in [9.17, 15) is 14.0 Å². The molecule has 0 aliphatic heterocycles. The lowest BCUT2D eigenvalue weighted by Crippen LogP contribution is -2.41. The summed E-state index contributed by atoms with van der Waals surface area (Å²) in [5.41, 5.74) is 0. The molecular weight excluding hydrogens is 269 g/mol. The minimum absolute atomic E-state index is 0.00553. The van der Waals surface area contributed by atoms with Gasteiger partial charge in [0.25, 0.3) is 0 Å². The highest BCUT2D eigenvalue weighted by Crippen LogP contribution is 2.20. The van der Waals surface area contributed by atoms with E-state index >= 15 is 0 Å². The van der Waals surface area contributed by atoms with Crippen LogP contribution >= 0.6 is 11.8 Å². The summed E-state index contributed by atoms with van der Waals surface area (Å²) in [7, 11) is 0. The van der Waals surface area contributed by atoms with Crippen LogP contribution in [0, 0.1) is 5.82 Å². The molecule has 0 saturated carbocycles. The second-order valence-electron chi connectivity index (χ2n) is 3.97. The summed E-state index contributed by atoms with van der Waals surface area (Å²) in [6.07, 6.45) is 1.04. The molecule has 2 N–H and O–H groups in total. The van der Waals surface area contributed by atoms with Gasteiger partial charge in [-0.2, -0.15) is 0 Å². The molecule has 1 aromatic carbocycles. The first-order valence-corrected chi connectivity index (χ1v) is 6.92. The van der Waals surface area contributed by atoms with E-state index in [4.69, 9.17) is 5.11 Å². The molecule has 0 aromatic heterocycles. The topological polar surface area (TPSA) is 66.4 Å². The van der Waals surface area contributed by atoms with Crippen LogP contribution in [0.25, 0.3) is 0 Å². The summed E-state index contributed by atoms with van der Waals surface area (Å²) in [5, 5.41) is 11.3. The molecule has 1 amide bonds. The maximum atomic E-state index is 13.3. The summed E-state index contributed by atoms with van der Waals surface area (Å²) in [5.74, 6) is -1.85. The third-order valence-corrected chi connectivity index (χ3v) is 3.45. The third kappa shape index (κ3) is 5.30. The minimum atomic E-state index is -1.05. The molecule has 0 bridgehead atoms. The van der Waals surface area contributed by atoms with E-state index in [1.807, 2.05) is 6.92 Å². The number of aliphatic carboxylic acids is 1. The van der Waals surface area contributed by atoms with Crippen molar-refractivity contribution in [2.75, 3.05) is 5.75 Å². The molecule has 0 aliphatic rings. The van der Waals surface area contributed by atoms with Gasteiger partial charge in [-0.05, 0) is 18.6 Å². The molecule has 1 atom stereocenters. The van der Waals surface area contributed by atoms with Crippen molar-refractivity contribution in [3.63, 3.8) is 0 Å². The number of carboxylic acid groups (broad SMARTS) is 1. The molecular formula is C13H16FNO3S. The Hall–Kier alpha value is -1.56. The number of thioether (sulfide) groups is 1. The Bertz CT molecular complexity index is 453. The van der Waals surface area contributed by atoms with Gasteiger partial charge in [-0.15, -0.1) is 11.8 Å². The van der Waals surface area contributed by atoms with Gasteiger partial charge in [0, 0.05) is 4.90 Å². The summed E-state index contributed by atoms with van der Waals surface area (Å²) in [6.45, 7) is 1.84. The Morgan fingerprint density at radius 3 is 2.68 bits per heavy atom. The lowest BCUT2D eigenvalue weighted by Gasteiger charge is -2.13. The van der Waals surface area contributed by atoms with E-state index in [2.05, 4.69) is 5.32 Å². The number of amides is 1. The maximum absolute atomic E-state index is 13.3. The number of carbonyl (C=O) groups is 2. The number of benzene rings is 1. The van der Waals surface area contributed by atoms with Crippen molar-refractivity contribution in [2.24, 2.45) is 0 Å². The highest BCUT2D eigenvalue weighted by Gasteiger charge is 2.18. The summed E-state index contributed by atoms with van der Waals surface area (Å²) >= 11 is 1.05.